The van der Waals surface area contributed by atoms with Crippen LogP contribution in [-0.4, -0.2) is 44.0 Å². The molecule has 2 saturated heterocycles. The summed E-state index contributed by atoms with van der Waals surface area (Å²) in [5.41, 5.74) is 9.41. The lowest BCUT2D eigenvalue weighted by Crippen LogP contribution is -2.59. The number of rotatable bonds is 3. The zero-order valence-corrected chi connectivity index (χ0v) is 11.9. The molecule has 2 aliphatic rings. The van der Waals surface area contributed by atoms with Crippen LogP contribution in [0.1, 0.15) is 11.9 Å². The first kappa shape index (κ1) is 15.0. The van der Waals surface area contributed by atoms with E-state index in [0.29, 0.717) is 0 Å². The van der Waals surface area contributed by atoms with Gasteiger partial charge in [0.1, 0.15) is 18.2 Å². The van der Waals surface area contributed by atoms with Crippen molar-refractivity contribution in [1.82, 2.24) is 0 Å². The van der Waals surface area contributed by atoms with Gasteiger partial charge in [-0.25, -0.2) is 0 Å². The van der Waals surface area contributed by atoms with E-state index in [1.54, 1.807) is 0 Å². The number of hydrogen-bond acceptors (Lipinski definition) is 6. The van der Waals surface area contributed by atoms with Gasteiger partial charge in [0.05, 0.1) is 6.61 Å². The van der Waals surface area contributed by atoms with Crippen LogP contribution in [0.3, 0.4) is 0 Å². The van der Waals surface area contributed by atoms with Crippen molar-refractivity contribution in [3.05, 3.63) is 46.3 Å². The number of azide groups is 1. The quantitative estimate of drug-likeness (QED) is 0.480. The molecule has 2 fully saturated rings. The summed E-state index contributed by atoms with van der Waals surface area (Å²) in [5.74, 6) is -0.356. The molecular weight excluding hydrogens is 290 g/mol. The average Bonchev–Trinajstić information content (AvgIpc) is 2.58. The largest absolute Gasteiger partial charge is 0.355 e. The van der Waals surface area contributed by atoms with Gasteiger partial charge in [-0.05, 0) is 5.53 Å². The van der Waals surface area contributed by atoms with E-state index in [2.05, 4.69) is 10.0 Å². The number of methoxy groups -OCH3 is 1. The van der Waals surface area contributed by atoms with Crippen molar-refractivity contribution in [2.75, 3.05) is 13.7 Å². The number of fused-ring (bicyclic) bond motifs is 1. The van der Waals surface area contributed by atoms with Crippen LogP contribution >= 0.6 is 0 Å². The first-order chi connectivity index (χ1) is 10.7. The van der Waals surface area contributed by atoms with E-state index in [-0.39, 0.29) is 12.4 Å². The average molecular weight is 305 g/mol. The van der Waals surface area contributed by atoms with Gasteiger partial charge in [-0.15, -0.1) is 0 Å². The molecule has 8 nitrogen and oxygen atoms in total. The van der Waals surface area contributed by atoms with Gasteiger partial charge >= 0.3 is 0 Å². The molecule has 116 valence electrons. The number of nitrogens with zero attached hydrogens (tertiary/aromatic N) is 3. The van der Waals surface area contributed by atoms with Crippen LogP contribution in [0.5, 0.6) is 0 Å². The fraction of sp³-hybridized carbons (Fsp3) is 0.500. The van der Waals surface area contributed by atoms with Crippen LogP contribution in [0.25, 0.3) is 10.4 Å². The topological polar surface area (TPSA) is 103 Å². The predicted octanol–water partition coefficient (Wildman–Crippen LogP) is 1.72. The van der Waals surface area contributed by atoms with Crippen molar-refractivity contribution in [3.63, 3.8) is 0 Å². The second kappa shape index (κ2) is 6.43. The summed E-state index contributed by atoms with van der Waals surface area (Å²) >= 11 is 0. The molecule has 3 rings (SSSR count). The van der Waals surface area contributed by atoms with E-state index in [0.717, 1.165) is 5.56 Å². The van der Waals surface area contributed by atoms with Gasteiger partial charge in [-0.1, -0.05) is 35.4 Å². The Kier molecular flexibility index (Phi) is 4.37. The summed E-state index contributed by atoms with van der Waals surface area (Å²) in [6, 6.07) is 8.23. The Morgan fingerprint density at radius 2 is 2.09 bits per heavy atom. The summed E-state index contributed by atoms with van der Waals surface area (Å²) in [6.45, 7) is 0.193. The minimum absolute atomic E-state index is 0.193. The Hall–Kier alpha value is -1.96. The van der Waals surface area contributed by atoms with Crippen LogP contribution in [0, 0.1) is 0 Å². The van der Waals surface area contributed by atoms with E-state index in [1.807, 2.05) is 30.3 Å². The van der Waals surface area contributed by atoms with Crippen LogP contribution in [0.4, 0.5) is 0 Å². The monoisotopic (exact) mass is 305 g/mol. The van der Waals surface area contributed by atoms with Crippen molar-refractivity contribution in [2.45, 2.75) is 30.8 Å². The molecule has 0 spiro atoms. The smallest absolute Gasteiger partial charge is 0.184 e. The summed E-state index contributed by atoms with van der Waals surface area (Å²) in [4.78, 5) is 15.2. The minimum Gasteiger partial charge on any atom is -0.355 e. The highest BCUT2D eigenvalue weighted by atomic mass is 16.7. The molecular formula is C14H15N3O5. The van der Waals surface area contributed by atoms with Crippen molar-refractivity contribution < 1.29 is 23.7 Å². The number of Topliss-reactive ketones (excluding diaryl/α,β-unsaturated/α-hetero) is 1. The fourth-order valence-corrected chi connectivity index (χ4v) is 2.58. The van der Waals surface area contributed by atoms with Crippen molar-refractivity contribution in [2.24, 2.45) is 5.11 Å². The van der Waals surface area contributed by atoms with Crippen molar-refractivity contribution in [1.29, 1.82) is 0 Å². The van der Waals surface area contributed by atoms with Gasteiger partial charge in [0, 0.05) is 17.6 Å². The highest BCUT2D eigenvalue weighted by Crippen LogP contribution is 2.33. The molecule has 0 N–H and O–H groups in total. The lowest BCUT2D eigenvalue weighted by atomic mass is 9.98. The van der Waals surface area contributed by atoms with Gasteiger partial charge in [0.15, 0.2) is 18.4 Å². The fourth-order valence-electron chi connectivity index (χ4n) is 2.58. The molecule has 1 aromatic carbocycles. The van der Waals surface area contributed by atoms with Crippen molar-refractivity contribution >= 4 is 5.78 Å². The zero-order chi connectivity index (χ0) is 15.5. The first-order valence-electron chi connectivity index (χ1n) is 6.83. The molecule has 2 aliphatic heterocycles. The summed E-state index contributed by atoms with van der Waals surface area (Å²) in [5, 5.41) is 3.47. The van der Waals surface area contributed by atoms with E-state index >= 15 is 0 Å². The molecule has 0 saturated carbocycles. The van der Waals surface area contributed by atoms with E-state index in [9.17, 15) is 4.79 Å². The second-order valence-electron chi connectivity index (χ2n) is 4.96. The van der Waals surface area contributed by atoms with Gasteiger partial charge in [-0.3, -0.25) is 4.79 Å². The predicted molar refractivity (Wildman–Crippen MR) is 73.6 cm³/mol. The number of carbonyl (C=O) groups excluding carboxylic acids is 1. The van der Waals surface area contributed by atoms with Gasteiger partial charge in [0.25, 0.3) is 0 Å². The Morgan fingerprint density at radius 1 is 1.32 bits per heavy atom. The highest BCUT2D eigenvalue weighted by Gasteiger charge is 2.49. The zero-order valence-electron chi connectivity index (χ0n) is 11.9. The van der Waals surface area contributed by atoms with E-state index in [1.165, 1.54) is 7.11 Å². The molecule has 0 unspecified atom stereocenters. The third-order valence-electron chi connectivity index (χ3n) is 3.64. The first-order valence-corrected chi connectivity index (χ1v) is 6.83. The van der Waals surface area contributed by atoms with Crippen LogP contribution < -0.4 is 0 Å². The highest BCUT2D eigenvalue weighted by molar-refractivity contribution is 5.90. The molecule has 0 amide bonds. The third-order valence-corrected chi connectivity index (χ3v) is 3.64. The summed E-state index contributed by atoms with van der Waals surface area (Å²) in [6.07, 6.45) is -3.01. The van der Waals surface area contributed by atoms with Gasteiger partial charge in [0.2, 0.25) is 0 Å². The number of ketones is 1. The van der Waals surface area contributed by atoms with Gasteiger partial charge in [-0.2, -0.15) is 0 Å². The Morgan fingerprint density at radius 3 is 2.77 bits per heavy atom. The summed E-state index contributed by atoms with van der Waals surface area (Å²) < 4.78 is 22.0. The Bertz CT molecular complexity index is 589. The van der Waals surface area contributed by atoms with Crippen LogP contribution in [0.2, 0.25) is 0 Å². The maximum absolute atomic E-state index is 12.5. The maximum Gasteiger partial charge on any atom is 0.184 e. The lowest BCUT2D eigenvalue weighted by Gasteiger charge is -2.42. The normalized spacial score (nSPS) is 34.6. The second-order valence-corrected chi connectivity index (χ2v) is 4.96. The number of carbonyl (C=O) groups is 1. The van der Waals surface area contributed by atoms with E-state index < -0.39 is 30.8 Å². The molecule has 0 radical (unpaired) electrons. The Labute approximate surface area is 126 Å². The van der Waals surface area contributed by atoms with Crippen molar-refractivity contribution in [3.8, 4) is 0 Å². The van der Waals surface area contributed by atoms with Crippen LogP contribution in [0.15, 0.2) is 35.4 Å². The molecule has 0 aromatic heterocycles. The maximum atomic E-state index is 12.5. The minimum atomic E-state index is -1.06. The molecule has 2 heterocycles. The van der Waals surface area contributed by atoms with Gasteiger partial charge < -0.3 is 18.9 Å². The molecule has 22 heavy (non-hydrogen) atoms. The van der Waals surface area contributed by atoms with Crippen LogP contribution in [-0.2, 0) is 23.7 Å². The molecule has 0 aliphatic carbocycles. The molecule has 0 bridgehead atoms. The summed E-state index contributed by atoms with van der Waals surface area (Å²) in [7, 11) is 1.38. The number of hydrogen-bond donors (Lipinski definition) is 0. The molecule has 8 heteroatoms. The SMILES string of the molecule is CO[C@H]1O[C@@H]2CO[C@H](c3ccccc3)O[C@H]2C(=O)[C@H]1N=[N+]=[N-]. The standard InChI is InChI=1S/C14H15N3O5/c1-19-14-10(16-17-15)11(18)12-9(21-14)7-20-13(22-12)8-5-3-2-4-6-8/h2-6,9-10,12-14H,7H2,1H3/t9-,10-,12-,13+,14+/m1/s1. The third kappa shape index (κ3) is 2.70. The molecule has 1 aromatic rings. The molecule has 5 atom stereocenters. The number of ether oxygens (including phenoxy) is 4. The number of benzene rings is 1. The van der Waals surface area contributed by atoms with E-state index in [4.69, 9.17) is 24.5 Å². The lowest BCUT2D eigenvalue weighted by molar-refractivity contribution is -0.301. The Balaban J connectivity index is 1.80.